The summed E-state index contributed by atoms with van der Waals surface area (Å²) in [5.74, 6) is 2.46. The van der Waals surface area contributed by atoms with Gasteiger partial charge in [-0.25, -0.2) is 9.67 Å². The average molecular weight is 292 g/mol. The van der Waals surface area contributed by atoms with Crippen LogP contribution >= 0.6 is 11.6 Å². The second-order valence-electron chi connectivity index (χ2n) is 5.72. The third kappa shape index (κ3) is 3.83. The van der Waals surface area contributed by atoms with Gasteiger partial charge in [0.25, 0.3) is 0 Å². The van der Waals surface area contributed by atoms with Gasteiger partial charge in [0.1, 0.15) is 12.2 Å². The topological polar surface area (TPSA) is 30.7 Å². The van der Waals surface area contributed by atoms with Crippen LogP contribution in [0.4, 0.5) is 0 Å². The molecule has 1 unspecified atom stereocenters. The molecule has 108 valence electrons. The first-order chi connectivity index (χ1) is 9.60. The summed E-state index contributed by atoms with van der Waals surface area (Å²) in [5, 5.41) is 4.32. The Bertz CT molecular complexity index is 548. The molecule has 20 heavy (non-hydrogen) atoms. The van der Waals surface area contributed by atoms with Crippen LogP contribution in [0.1, 0.15) is 36.7 Å². The monoisotopic (exact) mass is 291 g/mol. The molecule has 0 saturated carbocycles. The minimum absolute atomic E-state index is 0.284. The number of nitrogens with zero attached hydrogens (tertiary/aromatic N) is 3. The van der Waals surface area contributed by atoms with Crippen molar-refractivity contribution in [1.29, 1.82) is 0 Å². The van der Waals surface area contributed by atoms with Crippen LogP contribution in [0.3, 0.4) is 0 Å². The van der Waals surface area contributed by atoms with Gasteiger partial charge in [-0.15, -0.1) is 11.6 Å². The Kier molecular flexibility index (Phi) is 5.18. The van der Waals surface area contributed by atoms with E-state index in [0.29, 0.717) is 11.8 Å². The molecule has 1 atom stereocenters. The van der Waals surface area contributed by atoms with Gasteiger partial charge < -0.3 is 0 Å². The van der Waals surface area contributed by atoms with Crippen molar-refractivity contribution < 1.29 is 0 Å². The van der Waals surface area contributed by atoms with Crippen LogP contribution in [0.15, 0.2) is 30.6 Å². The van der Waals surface area contributed by atoms with Crippen LogP contribution in [0.2, 0.25) is 0 Å². The Morgan fingerprint density at radius 2 is 2.10 bits per heavy atom. The van der Waals surface area contributed by atoms with E-state index in [0.717, 1.165) is 18.8 Å². The summed E-state index contributed by atoms with van der Waals surface area (Å²) in [6.07, 6.45) is 2.47. The van der Waals surface area contributed by atoms with Crippen molar-refractivity contribution in [2.24, 2.45) is 5.92 Å². The molecule has 2 aromatic rings. The molecular formula is C16H22ClN3. The molecule has 0 aliphatic heterocycles. The number of hydrogen-bond donors (Lipinski definition) is 0. The van der Waals surface area contributed by atoms with Gasteiger partial charge in [0.15, 0.2) is 0 Å². The first-order valence-electron chi connectivity index (χ1n) is 7.09. The van der Waals surface area contributed by atoms with Crippen molar-refractivity contribution in [3.05, 3.63) is 47.5 Å². The van der Waals surface area contributed by atoms with E-state index in [1.54, 1.807) is 6.33 Å². The molecule has 0 aliphatic carbocycles. The fraction of sp³-hybridized carbons (Fsp3) is 0.500. The standard InChI is InChI=1S/C16H22ClN3/c1-12(2)10-20-16(18-11-19-20)8-15(9-17)14-6-4-5-13(3)7-14/h4-7,11-12,15H,8-10H2,1-3H3. The molecule has 4 heteroatoms. The van der Waals surface area contributed by atoms with Gasteiger partial charge in [-0.1, -0.05) is 43.7 Å². The highest BCUT2D eigenvalue weighted by atomic mass is 35.5. The number of aryl methyl sites for hydroxylation is 1. The maximum Gasteiger partial charge on any atom is 0.138 e. The van der Waals surface area contributed by atoms with Crippen molar-refractivity contribution in [1.82, 2.24) is 14.8 Å². The van der Waals surface area contributed by atoms with E-state index < -0.39 is 0 Å². The molecule has 1 aromatic carbocycles. The summed E-state index contributed by atoms with van der Waals surface area (Å²) in [4.78, 5) is 4.40. The minimum atomic E-state index is 0.284. The fourth-order valence-corrected chi connectivity index (χ4v) is 2.64. The molecular weight excluding hydrogens is 270 g/mol. The molecule has 2 rings (SSSR count). The predicted molar refractivity (Wildman–Crippen MR) is 83.2 cm³/mol. The molecule has 1 heterocycles. The van der Waals surface area contributed by atoms with Crippen LogP contribution in [-0.4, -0.2) is 20.6 Å². The van der Waals surface area contributed by atoms with E-state index >= 15 is 0 Å². The highest BCUT2D eigenvalue weighted by Gasteiger charge is 2.16. The Balaban J connectivity index is 2.16. The zero-order valence-electron chi connectivity index (χ0n) is 12.4. The van der Waals surface area contributed by atoms with E-state index in [4.69, 9.17) is 11.6 Å². The molecule has 0 aliphatic rings. The van der Waals surface area contributed by atoms with Gasteiger partial charge in [-0.05, 0) is 18.4 Å². The van der Waals surface area contributed by atoms with Crippen molar-refractivity contribution in [2.45, 2.75) is 39.7 Å². The van der Waals surface area contributed by atoms with Crippen LogP contribution in [0.5, 0.6) is 0 Å². The lowest BCUT2D eigenvalue weighted by atomic mass is 9.96. The average Bonchev–Trinajstić information content (AvgIpc) is 2.82. The Labute approximate surface area is 126 Å². The second kappa shape index (κ2) is 6.89. The smallest absolute Gasteiger partial charge is 0.138 e. The predicted octanol–water partition coefficient (Wildman–Crippen LogP) is 3.81. The maximum atomic E-state index is 6.17. The molecule has 0 N–H and O–H groups in total. The summed E-state index contributed by atoms with van der Waals surface area (Å²) >= 11 is 6.17. The second-order valence-corrected chi connectivity index (χ2v) is 6.03. The van der Waals surface area contributed by atoms with Gasteiger partial charge in [-0.2, -0.15) is 5.10 Å². The van der Waals surface area contributed by atoms with Gasteiger partial charge >= 0.3 is 0 Å². The Hall–Kier alpha value is -1.35. The molecule has 0 radical (unpaired) electrons. The molecule has 0 spiro atoms. The zero-order chi connectivity index (χ0) is 14.5. The third-order valence-electron chi connectivity index (χ3n) is 3.36. The third-order valence-corrected chi connectivity index (χ3v) is 3.74. The lowest BCUT2D eigenvalue weighted by Gasteiger charge is -2.16. The summed E-state index contributed by atoms with van der Waals surface area (Å²) in [6.45, 7) is 7.38. The van der Waals surface area contributed by atoms with Crippen molar-refractivity contribution in [3.8, 4) is 0 Å². The first kappa shape index (κ1) is 15.0. The molecule has 0 fully saturated rings. The summed E-state index contributed by atoms with van der Waals surface area (Å²) in [7, 11) is 0. The Morgan fingerprint density at radius 3 is 2.75 bits per heavy atom. The highest BCUT2D eigenvalue weighted by Crippen LogP contribution is 2.22. The fourth-order valence-electron chi connectivity index (χ4n) is 2.35. The van der Waals surface area contributed by atoms with Crippen molar-refractivity contribution in [3.63, 3.8) is 0 Å². The van der Waals surface area contributed by atoms with Crippen LogP contribution in [-0.2, 0) is 13.0 Å². The summed E-state index contributed by atoms with van der Waals surface area (Å²) in [6, 6.07) is 8.54. The maximum absolute atomic E-state index is 6.17. The van der Waals surface area contributed by atoms with Crippen LogP contribution in [0.25, 0.3) is 0 Å². The van der Waals surface area contributed by atoms with E-state index in [1.807, 2.05) is 4.68 Å². The number of aromatic nitrogens is 3. The largest absolute Gasteiger partial charge is 0.250 e. The van der Waals surface area contributed by atoms with Crippen molar-refractivity contribution in [2.75, 3.05) is 5.88 Å². The number of benzene rings is 1. The number of alkyl halides is 1. The van der Waals surface area contributed by atoms with Gasteiger partial charge in [-0.3, -0.25) is 0 Å². The van der Waals surface area contributed by atoms with Gasteiger partial charge in [0.05, 0.1) is 0 Å². The molecule has 0 amide bonds. The SMILES string of the molecule is Cc1cccc(C(CCl)Cc2ncnn2CC(C)C)c1. The molecule has 3 nitrogen and oxygen atoms in total. The number of rotatable bonds is 6. The van der Waals surface area contributed by atoms with E-state index in [1.165, 1.54) is 11.1 Å². The first-order valence-corrected chi connectivity index (χ1v) is 7.62. The molecule has 1 aromatic heterocycles. The van der Waals surface area contributed by atoms with Crippen LogP contribution in [0, 0.1) is 12.8 Å². The normalized spacial score (nSPS) is 12.8. The van der Waals surface area contributed by atoms with Crippen LogP contribution < -0.4 is 0 Å². The Morgan fingerprint density at radius 1 is 1.30 bits per heavy atom. The van der Waals surface area contributed by atoms with E-state index in [2.05, 4.69) is 55.1 Å². The molecule has 0 bridgehead atoms. The number of hydrogen-bond acceptors (Lipinski definition) is 2. The number of halogens is 1. The van der Waals surface area contributed by atoms with Gasteiger partial charge in [0, 0.05) is 24.8 Å². The minimum Gasteiger partial charge on any atom is -0.250 e. The summed E-state index contributed by atoms with van der Waals surface area (Å²) < 4.78 is 2.00. The molecule has 0 saturated heterocycles. The quantitative estimate of drug-likeness (QED) is 0.758. The lowest BCUT2D eigenvalue weighted by Crippen LogP contribution is -2.14. The summed E-state index contributed by atoms with van der Waals surface area (Å²) in [5.41, 5.74) is 2.54. The van der Waals surface area contributed by atoms with E-state index in [-0.39, 0.29) is 5.92 Å². The highest BCUT2D eigenvalue weighted by molar-refractivity contribution is 6.18. The lowest BCUT2D eigenvalue weighted by molar-refractivity contribution is 0.461. The zero-order valence-corrected chi connectivity index (χ0v) is 13.1. The van der Waals surface area contributed by atoms with E-state index in [9.17, 15) is 0 Å². The van der Waals surface area contributed by atoms with Gasteiger partial charge in [0.2, 0.25) is 0 Å². The van der Waals surface area contributed by atoms with Crippen molar-refractivity contribution >= 4 is 11.6 Å².